The summed E-state index contributed by atoms with van der Waals surface area (Å²) in [5.41, 5.74) is 1.49. The van der Waals surface area contributed by atoms with Gasteiger partial charge in [-0.25, -0.2) is 14.6 Å². The van der Waals surface area contributed by atoms with Gasteiger partial charge in [-0.05, 0) is 23.8 Å². The maximum atomic E-state index is 12.2. The number of aromatic hydroxyl groups is 1. The van der Waals surface area contributed by atoms with Crippen LogP contribution in [0.2, 0.25) is 0 Å². The van der Waals surface area contributed by atoms with E-state index in [1.807, 2.05) is 18.2 Å². The summed E-state index contributed by atoms with van der Waals surface area (Å²) in [5, 5.41) is 16.5. The van der Waals surface area contributed by atoms with Crippen molar-refractivity contribution in [3.63, 3.8) is 0 Å². The lowest BCUT2D eigenvalue weighted by Crippen LogP contribution is -2.15. The number of nitrogens with zero attached hydrogens (tertiary/aromatic N) is 4. The predicted molar refractivity (Wildman–Crippen MR) is 79.4 cm³/mol. The first kappa shape index (κ1) is 13.7. The van der Waals surface area contributed by atoms with E-state index < -0.39 is 5.91 Å². The van der Waals surface area contributed by atoms with E-state index in [0.717, 1.165) is 5.56 Å². The van der Waals surface area contributed by atoms with E-state index in [0.29, 0.717) is 12.2 Å². The van der Waals surface area contributed by atoms with Gasteiger partial charge in [0.15, 0.2) is 5.69 Å². The highest BCUT2D eigenvalue weighted by atomic mass is 16.3. The molecule has 0 aliphatic heterocycles. The summed E-state index contributed by atoms with van der Waals surface area (Å²) in [4.78, 5) is 20.0. The molecule has 3 aromatic rings. The fourth-order valence-electron chi connectivity index (χ4n) is 2.02. The van der Waals surface area contributed by atoms with Crippen LogP contribution >= 0.6 is 0 Å². The van der Waals surface area contributed by atoms with E-state index in [9.17, 15) is 9.90 Å². The Morgan fingerprint density at radius 2 is 2.09 bits per heavy atom. The molecule has 1 aromatic carbocycles. The number of carbonyl (C=O) groups excluding carboxylic acids is 1. The largest absolute Gasteiger partial charge is 0.505 e. The van der Waals surface area contributed by atoms with Crippen LogP contribution in [0.15, 0.2) is 55.2 Å². The molecule has 22 heavy (non-hydrogen) atoms. The topological polar surface area (TPSA) is 92.9 Å². The lowest BCUT2D eigenvalue weighted by atomic mass is 10.1. The lowest BCUT2D eigenvalue weighted by molar-refractivity contribution is 0.101. The predicted octanol–water partition coefficient (Wildman–Crippen LogP) is 1.68. The SMILES string of the molecule is O=C(Nc1ccccc1Cn1cncn1)c1ncccc1O. The molecule has 7 nitrogen and oxygen atoms in total. The minimum absolute atomic E-state index is 0.0157. The van der Waals surface area contributed by atoms with Gasteiger partial charge in [-0.1, -0.05) is 18.2 Å². The molecule has 0 aliphatic rings. The van der Waals surface area contributed by atoms with Crippen LogP contribution < -0.4 is 5.32 Å². The molecule has 0 saturated heterocycles. The normalized spacial score (nSPS) is 10.4. The number of carbonyl (C=O) groups is 1. The maximum absolute atomic E-state index is 12.2. The summed E-state index contributed by atoms with van der Waals surface area (Å²) in [6.07, 6.45) is 4.51. The Kier molecular flexibility index (Phi) is 3.78. The average Bonchev–Trinajstić information content (AvgIpc) is 3.02. The molecular weight excluding hydrogens is 282 g/mol. The summed E-state index contributed by atoms with van der Waals surface area (Å²) in [6, 6.07) is 10.3. The number of hydrogen-bond donors (Lipinski definition) is 2. The number of rotatable bonds is 4. The number of benzene rings is 1. The monoisotopic (exact) mass is 295 g/mol. The molecule has 0 radical (unpaired) electrons. The molecule has 2 N–H and O–H groups in total. The molecule has 0 spiro atoms. The first-order valence-electron chi connectivity index (χ1n) is 6.59. The molecule has 0 saturated carbocycles. The van der Waals surface area contributed by atoms with Crippen LogP contribution in [0.5, 0.6) is 5.75 Å². The van der Waals surface area contributed by atoms with Crippen molar-refractivity contribution in [3.05, 3.63) is 66.5 Å². The summed E-state index contributed by atoms with van der Waals surface area (Å²) in [5.74, 6) is -0.627. The van der Waals surface area contributed by atoms with Crippen molar-refractivity contribution in [2.75, 3.05) is 5.32 Å². The molecule has 2 heterocycles. The molecule has 0 atom stereocenters. The number of amides is 1. The number of pyridine rings is 1. The molecule has 0 unspecified atom stereocenters. The Balaban J connectivity index is 1.83. The zero-order chi connectivity index (χ0) is 15.4. The van der Waals surface area contributed by atoms with Gasteiger partial charge in [0.05, 0.1) is 6.54 Å². The van der Waals surface area contributed by atoms with Gasteiger partial charge in [-0.15, -0.1) is 0 Å². The highest BCUT2D eigenvalue weighted by Crippen LogP contribution is 2.19. The van der Waals surface area contributed by atoms with Gasteiger partial charge in [0.2, 0.25) is 0 Å². The second-order valence-corrected chi connectivity index (χ2v) is 4.58. The Labute approximate surface area is 126 Å². The van der Waals surface area contributed by atoms with E-state index in [2.05, 4.69) is 20.4 Å². The number of anilines is 1. The van der Waals surface area contributed by atoms with Crippen molar-refractivity contribution in [2.24, 2.45) is 0 Å². The van der Waals surface area contributed by atoms with Gasteiger partial charge in [-0.3, -0.25) is 4.79 Å². The molecule has 7 heteroatoms. The van der Waals surface area contributed by atoms with Crippen LogP contribution in [-0.4, -0.2) is 30.8 Å². The standard InChI is InChI=1S/C15H13N5O2/c21-13-6-3-7-17-14(13)15(22)19-12-5-2-1-4-11(12)8-20-10-16-9-18-20/h1-7,9-10,21H,8H2,(H,19,22). The Bertz CT molecular complexity index is 786. The average molecular weight is 295 g/mol. The number of aromatic nitrogens is 4. The van der Waals surface area contributed by atoms with E-state index in [1.54, 1.807) is 23.1 Å². The van der Waals surface area contributed by atoms with Crippen molar-refractivity contribution in [1.82, 2.24) is 19.7 Å². The quantitative estimate of drug-likeness (QED) is 0.764. The Morgan fingerprint density at radius 3 is 2.86 bits per heavy atom. The maximum Gasteiger partial charge on any atom is 0.278 e. The third-order valence-electron chi connectivity index (χ3n) is 3.07. The van der Waals surface area contributed by atoms with E-state index in [4.69, 9.17) is 0 Å². The fourth-order valence-corrected chi connectivity index (χ4v) is 2.02. The van der Waals surface area contributed by atoms with E-state index >= 15 is 0 Å². The first-order chi connectivity index (χ1) is 10.7. The number of nitrogens with one attached hydrogen (secondary N) is 1. The van der Waals surface area contributed by atoms with Gasteiger partial charge < -0.3 is 10.4 Å². The highest BCUT2D eigenvalue weighted by molar-refractivity contribution is 6.04. The smallest absolute Gasteiger partial charge is 0.278 e. The molecule has 110 valence electrons. The Hall–Kier alpha value is -3.22. The zero-order valence-electron chi connectivity index (χ0n) is 11.5. The van der Waals surface area contributed by atoms with Gasteiger partial charge in [0.1, 0.15) is 18.4 Å². The third kappa shape index (κ3) is 2.93. The molecule has 0 fully saturated rings. The summed E-state index contributed by atoms with van der Waals surface area (Å²) in [7, 11) is 0. The van der Waals surface area contributed by atoms with Crippen LogP contribution in [0.3, 0.4) is 0 Å². The summed E-state index contributed by atoms with van der Waals surface area (Å²) in [6.45, 7) is 0.477. The van der Waals surface area contributed by atoms with Gasteiger partial charge in [0, 0.05) is 11.9 Å². The van der Waals surface area contributed by atoms with Gasteiger partial charge >= 0.3 is 0 Å². The van der Waals surface area contributed by atoms with Crippen LogP contribution in [0.25, 0.3) is 0 Å². The molecule has 0 bridgehead atoms. The Morgan fingerprint density at radius 1 is 1.23 bits per heavy atom. The fraction of sp³-hybridized carbons (Fsp3) is 0.0667. The van der Waals surface area contributed by atoms with Crippen LogP contribution in [0, 0.1) is 0 Å². The van der Waals surface area contributed by atoms with Crippen LogP contribution in [0.4, 0.5) is 5.69 Å². The molecule has 1 amide bonds. The summed E-state index contributed by atoms with van der Waals surface area (Å²) >= 11 is 0. The second kappa shape index (κ2) is 6.04. The highest BCUT2D eigenvalue weighted by Gasteiger charge is 2.14. The van der Waals surface area contributed by atoms with Crippen molar-refractivity contribution in [2.45, 2.75) is 6.54 Å². The minimum Gasteiger partial charge on any atom is -0.505 e. The number of para-hydroxylation sites is 1. The second-order valence-electron chi connectivity index (χ2n) is 4.58. The van der Waals surface area contributed by atoms with Crippen molar-refractivity contribution in [1.29, 1.82) is 0 Å². The zero-order valence-corrected chi connectivity index (χ0v) is 11.5. The minimum atomic E-state index is -0.468. The van der Waals surface area contributed by atoms with Crippen LogP contribution in [-0.2, 0) is 6.54 Å². The van der Waals surface area contributed by atoms with Crippen LogP contribution in [0.1, 0.15) is 16.1 Å². The van der Waals surface area contributed by atoms with Gasteiger partial charge in [-0.2, -0.15) is 5.10 Å². The van der Waals surface area contributed by atoms with E-state index in [-0.39, 0.29) is 11.4 Å². The first-order valence-corrected chi connectivity index (χ1v) is 6.59. The van der Waals surface area contributed by atoms with E-state index in [1.165, 1.54) is 18.6 Å². The number of hydrogen-bond acceptors (Lipinski definition) is 5. The summed E-state index contributed by atoms with van der Waals surface area (Å²) < 4.78 is 1.66. The van der Waals surface area contributed by atoms with Crippen molar-refractivity contribution < 1.29 is 9.90 Å². The molecule has 3 rings (SSSR count). The lowest BCUT2D eigenvalue weighted by Gasteiger charge is -2.11. The molecular formula is C15H13N5O2. The van der Waals surface area contributed by atoms with Crippen molar-refractivity contribution in [3.8, 4) is 5.75 Å². The molecule has 2 aromatic heterocycles. The van der Waals surface area contributed by atoms with Gasteiger partial charge in [0.25, 0.3) is 5.91 Å². The van der Waals surface area contributed by atoms with Crippen molar-refractivity contribution >= 4 is 11.6 Å². The third-order valence-corrected chi connectivity index (χ3v) is 3.07. The molecule has 0 aliphatic carbocycles.